The summed E-state index contributed by atoms with van der Waals surface area (Å²) >= 11 is 1.75. The minimum absolute atomic E-state index is 0.0517. The molecule has 0 radical (unpaired) electrons. The van der Waals surface area contributed by atoms with Crippen LogP contribution in [0.15, 0.2) is 47.3 Å². The summed E-state index contributed by atoms with van der Waals surface area (Å²) in [6.45, 7) is 1.99. The first-order valence-electron chi connectivity index (χ1n) is 8.62. The van der Waals surface area contributed by atoms with Crippen LogP contribution in [0.4, 0.5) is 0 Å². The largest absolute Gasteiger partial charge is 0.497 e. The van der Waals surface area contributed by atoms with E-state index in [4.69, 9.17) is 4.74 Å². The lowest BCUT2D eigenvalue weighted by Gasteiger charge is -2.09. The van der Waals surface area contributed by atoms with Crippen molar-refractivity contribution >= 4 is 28.4 Å². The molecule has 0 N–H and O–H groups in total. The molecule has 0 aliphatic heterocycles. The summed E-state index contributed by atoms with van der Waals surface area (Å²) in [4.78, 5) is 12.6. The third-order valence-electron chi connectivity index (χ3n) is 4.58. The molecule has 4 aromatic rings. The minimum atomic E-state index is -0.0517. The molecular formula is C20H20N4O2S. The summed E-state index contributed by atoms with van der Waals surface area (Å²) in [7, 11) is 3.41. The van der Waals surface area contributed by atoms with E-state index in [1.807, 2.05) is 47.7 Å². The quantitative estimate of drug-likeness (QED) is 0.531. The van der Waals surface area contributed by atoms with Crippen molar-refractivity contribution < 1.29 is 4.74 Å². The summed E-state index contributed by atoms with van der Waals surface area (Å²) in [5, 5.41) is 9.27. The summed E-state index contributed by atoms with van der Waals surface area (Å²) < 4.78 is 8.82. The number of benzene rings is 2. The molecule has 0 amide bonds. The fourth-order valence-corrected chi connectivity index (χ4v) is 4.06. The maximum atomic E-state index is 12.6. The van der Waals surface area contributed by atoms with Crippen LogP contribution < -0.4 is 10.3 Å². The molecule has 27 heavy (non-hydrogen) atoms. The number of hydrogen-bond donors (Lipinski definition) is 0. The van der Waals surface area contributed by atoms with Gasteiger partial charge in [-0.2, -0.15) is 0 Å². The number of hydrogen-bond acceptors (Lipinski definition) is 5. The Labute approximate surface area is 160 Å². The maximum absolute atomic E-state index is 12.6. The Balaban J connectivity index is 1.68. The van der Waals surface area contributed by atoms with E-state index in [1.54, 1.807) is 30.5 Å². The zero-order valence-electron chi connectivity index (χ0n) is 15.5. The van der Waals surface area contributed by atoms with Crippen LogP contribution in [0, 0.1) is 6.92 Å². The first-order valence-corrected chi connectivity index (χ1v) is 9.78. The van der Waals surface area contributed by atoms with Crippen molar-refractivity contribution in [3.63, 3.8) is 0 Å². The van der Waals surface area contributed by atoms with Gasteiger partial charge in [0, 0.05) is 12.8 Å². The fourth-order valence-electron chi connectivity index (χ4n) is 3.17. The SMILES string of the molecule is COc1cccc(CSCc2nnc3n(C)c(=O)c4cc(C)ccc4n23)c1. The van der Waals surface area contributed by atoms with Gasteiger partial charge in [-0.05, 0) is 36.8 Å². The second-order valence-electron chi connectivity index (χ2n) is 6.48. The fraction of sp³-hybridized carbons (Fsp3) is 0.250. The highest BCUT2D eigenvalue weighted by molar-refractivity contribution is 7.97. The van der Waals surface area contributed by atoms with Crippen LogP contribution >= 0.6 is 11.8 Å². The Hall–Kier alpha value is -2.80. The van der Waals surface area contributed by atoms with E-state index in [0.717, 1.165) is 28.4 Å². The van der Waals surface area contributed by atoms with E-state index in [2.05, 4.69) is 16.3 Å². The van der Waals surface area contributed by atoms with Crippen LogP contribution in [0.1, 0.15) is 17.0 Å². The Morgan fingerprint density at radius 2 is 1.96 bits per heavy atom. The number of aromatic nitrogens is 4. The minimum Gasteiger partial charge on any atom is -0.497 e. The molecular weight excluding hydrogens is 360 g/mol. The van der Waals surface area contributed by atoms with Crippen LogP contribution in [-0.4, -0.2) is 26.3 Å². The first kappa shape index (κ1) is 17.6. The Morgan fingerprint density at radius 3 is 2.78 bits per heavy atom. The molecule has 0 fully saturated rings. The van der Waals surface area contributed by atoms with Crippen LogP contribution in [0.3, 0.4) is 0 Å². The molecule has 0 aliphatic rings. The van der Waals surface area contributed by atoms with E-state index in [1.165, 1.54) is 5.56 Å². The van der Waals surface area contributed by atoms with E-state index in [9.17, 15) is 4.79 Å². The monoisotopic (exact) mass is 380 g/mol. The standard InChI is InChI=1S/C20H20N4O2S/c1-13-7-8-17-16(9-13)19(25)23(2)20-22-21-18(24(17)20)12-27-11-14-5-4-6-15(10-14)26-3/h4-10H,11-12H2,1-3H3. The Morgan fingerprint density at radius 1 is 1.11 bits per heavy atom. The van der Waals surface area contributed by atoms with Gasteiger partial charge in [0.15, 0.2) is 0 Å². The van der Waals surface area contributed by atoms with Gasteiger partial charge >= 0.3 is 0 Å². The summed E-state index contributed by atoms with van der Waals surface area (Å²) in [6, 6.07) is 14.0. The first-order chi connectivity index (χ1) is 13.1. The van der Waals surface area contributed by atoms with Gasteiger partial charge in [-0.3, -0.25) is 13.8 Å². The molecule has 2 aromatic carbocycles. The van der Waals surface area contributed by atoms with E-state index < -0.39 is 0 Å². The van der Waals surface area contributed by atoms with Crippen LogP contribution in [0.5, 0.6) is 5.75 Å². The molecule has 0 aliphatic carbocycles. The van der Waals surface area contributed by atoms with Crippen LogP contribution in [0.2, 0.25) is 0 Å². The zero-order valence-corrected chi connectivity index (χ0v) is 16.3. The van der Waals surface area contributed by atoms with Gasteiger partial charge in [0.1, 0.15) is 11.6 Å². The van der Waals surface area contributed by atoms with Gasteiger partial charge < -0.3 is 4.74 Å². The lowest BCUT2D eigenvalue weighted by atomic mass is 10.1. The second-order valence-corrected chi connectivity index (χ2v) is 7.47. The van der Waals surface area contributed by atoms with E-state index >= 15 is 0 Å². The Bertz CT molecular complexity index is 1200. The molecule has 0 bridgehead atoms. The number of nitrogens with zero attached hydrogens (tertiary/aromatic N) is 4. The van der Waals surface area contributed by atoms with E-state index in [0.29, 0.717) is 16.9 Å². The van der Waals surface area contributed by atoms with Gasteiger partial charge in [0.2, 0.25) is 5.78 Å². The highest BCUT2D eigenvalue weighted by Crippen LogP contribution is 2.22. The average Bonchev–Trinajstić information content (AvgIpc) is 3.10. The van der Waals surface area contributed by atoms with Gasteiger partial charge in [0.25, 0.3) is 5.56 Å². The molecule has 0 saturated carbocycles. The van der Waals surface area contributed by atoms with Crippen molar-refractivity contribution in [2.45, 2.75) is 18.4 Å². The van der Waals surface area contributed by atoms with Crippen LogP contribution in [0.25, 0.3) is 16.7 Å². The van der Waals surface area contributed by atoms with Gasteiger partial charge in [-0.15, -0.1) is 22.0 Å². The third kappa shape index (κ3) is 3.19. The van der Waals surface area contributed by atoms with Crippen LogP contribution in [-0.2, 0) is 18.6 Å². The molecule has 2 heterocycles. The third-order valence-corrected chi connectivity index (χ3v) is 5.57. The maximum Gasteiger partial charge on any atom is 0.262 e. The van der Waals surface area contributed by atoms with Gasteiger partial charge in [0.05, 0.1) is 23.8 Å². The average molecular weight is 380 g/mol. The van der Waals surface area contributed by atoms with Crippen molar-refractivity contribution in [1.82, 2.24) is 19.2 Å². The number of thioether (sulfide) groups is 1. The van der Waals surface area contributed by atoms with Crippen molar-refractivity contribution in [2.75, 3.05) is 7.11 Å². The summed E-state index contributed by atoms with van der Waals surface area (Å²) in [5.41, 5.74) is 3.05. The van der Waals surface area contributed by atoms with Crippen molar-refractivity contribution in [3.05, 3.63) is 69.8 Å². The molecule has 138 valence electrons. The second kappa shape index (κ2) is 7.08. The highest BCUT2D eigenvalue weighted by Gasteiger charge is 2.14. The van der Waals surface area contributed by atoms with Gasteiger partial charge in [-0.1, -0.05) is 23.8 Å². The summed E-state index contributed by atoms with van der Waals surface area (Å²) in [6.07, 6.45) is 0. The van der Waals surface area contributed by atoms with Crippen molar-refractivity contribution in [3.8, 4) is 5.75 Å². The number of rotatable bonds is 5. The van der Waals surface area contributed by atoms with E-state index in [-0.39, 0.29) is 5.56 Å². The summed E-state index contributed by atoms with van der Waals surface area (Å²) in [5.74, 6) is 3.79. The number of ether oxygens (including phenoxy) is 1. The topological polar surface area (TPSA) is 61.4 Å². The highest BCUT2D eigenvalue weighted by atomic mass is 32.2. The normalized spacial score (nSPS) is 11.4. The molecule has 0 spiro atoms. The lowest BCUT2D eigenvalue weighted by molar-refractivity contribution is 0.414. The molecule has 0 atom stereocenters. The molecule has 6 nitrogen and oxygen atoms in total. The van der Waals surface area contributed by atoms with Crippen molar-refractivity contribution in [1.29, 1.82) is 0 Å². The molecule has 0 saturated heterocycles. The van der Waals surface area contributed by atoms with Gasteiger partial charge in [-0.25, -0.2) is 0 Å². The zero-order chi connectivity index (χ0) is 19.0. The predicted molar refractivity (Wildman–Crippen MR) is 108 cm³/mol. The predicted octanol–water partition coefficient (Wildman–Crippen LogP) is 3.33. The van der Waals surface area contributed by atoms with Crippen molar-refractivity contribution in [2.24, 2.45) is 7.05 Å². The molecule has 0 unspecified atom stereocenters. The molecule has 4 rings (SSSR count). The Kier molecular flexibility index (Phi) is 4.61. The lowest BCUT2D eigenvalue weighted by Crippen LogP contribution is -2.20. The smallest absolute Gasteiger partial charge is 0.262 e. The molecule has 7 heteroatoms. The molecule has 2 aromatic heterocycles. The number of aryl methyl sites for hydroxylation is 2. The number of methoxy groups -OCH3 is 1. The number of fused-ring (bicyclic) bond motifs is 3.